The predicted molar refractivity (Wildman–Crippen MR) is 128 cm³/mol. The van der Waals surface area contributed by atoms with E-state index in [1.165, 1.54) is 25.4 Å². The Labute approximate surface area is 207 Å². The van der Waals surface area contributed by atoms with Crippen LogP contribution >= 0.6 is 34.5 Å². The molecule has 0 aliphatic heterocycles. The molecule has 6 nitrogen and oxygen atoms in total. The van der Waals surface area contributed by atoms with E-state index in [0.29, 0.717) is 28.7 Å². The van der Waals surface area contributed by atoms with Gasteiger partial charge in [-0.15, -0.1) is 22.9 Å². The summed E-state index contributed by atoms with van der Waals surface area (Å²) in [5.41, 5.74) is 0.730. The van der Waals surface area contributed by atoms with Crippen molar-refractivity contribution in [3.8, 4) is 5.75 Å². The Hall–Kier alpha value is -1.80. The van der Waals surface area contributed by atoms with Crippen LogP contribution in [0.1, 0.15) is 46.3 Å². The third-order valence-electron chi connectivity index (χ3n) is 5.80. The van der Waals surface area contributed by atoms with Gasteiger partial charge in [0, 0.05) is 28.1 Å². The number of esters is 2. The van der Waals surface area contributed by atoms with Gasteiger partial charge < -0.3 is 19.3 Å². The van der Waals surface area contributed by atoms with Crippen molar-refractivity contribution >= 4 is 46.5 Å². The molecule has 3 rings (SSSR count). The monoisotopic (exact) mass is 514 g/mol. The maximum absolute atomic E-state index is 11.6. The summed E-state index contributed by atoms with van der Waals surface area (Å²) in [5, 5.41) is 10.9. The number of aliphatic hydroxyl groups excluding tert-OH is 1. The molecule has 9 heteroatoms. The standard InChI is InChI=1S/C24H28Cl2O6S/c1-14(27)31-12-15-8-16(25)10-17(9-15)32-13-20-19(21(26)11-22(20)28)5-3-4-18-6-7-23(33-18)24(29)30-2/h6-10,19-22,28H,3-5,11-13H2,1-2H3/t19-,20?,21-,22-/m1/s1. The molecule has 1 aromatic carbocycles. The van der Waals surface area contributed by atoms with Crippen molar-refractivity contribution in [2.24, 2.45) is 11.8 Å². The third kappa shape index (κ3) is 7.34. The lowest BCUT2D eigenvalue weighted by molar-refractivity contribution is -0.142. The number of rotatable bonds is 10. The molecule has 1 N–H and O–H groups in total. The molecule has 0 radical (unpaired) electrons. The normalized spacial score (nSPS) is 22.2. The van der Waals surface area contributed by atoms with Crippen molar-refractivity contribution < 1.29 is 28.9 Å². The Morgan fingerprint density at radius 3 is 2.73 bits per heavy atom. The maximum Gasteiger partial charge on any atom is 0.348 e. The first-order valence-electron chi connectivity index (χ1n) is 10.8. The Bertz CT molecular complexity index is 962. The van der Waals surface area contributed by atoms with E-state index >= 15 is 0 Å². The minimum Gasteiger partial charge on any atom is -0.493 e. The number of hydrogen-bond donors (Lipinski definition) is 1. The summed E-state index contributed by atoms with van der Waals surface area (Å²) in [6, 6.07) is 8.93. The van der Waals surface area contributed by atoms with Crippen LogP contribution in [0.25, 0.3) is 0 Å². The fourth-order valence-electron chi connectivity index (χ4n) is 4.16. The van der Waals surface area contributed by atoms with Crippen molar-refractivity contribution in [3.63, 3.8) is 0 Å². The van der Waals surface area contributed by atoms with Gasteiger partial charge in [-0.1, -0.05) is 11.6 Å². The van der Waals surface area contributed by atoms with E-state index in [4.69, 9.17) is 37.4 Å². The van der Waals surface area contributed by atoms with Crippen molar-refractivity contribution in [2.75, 3.05) is 13.7 Å². The highest BCUT2D eigenvalue weighted by Crippen LogP contribution is 2.40. The molecule has 0 spiro atoms. The van der Waals surface area contributed by atoms with E-state index in [0.717, 1.165) is 29.7 Å². The average molecular weight is 515 g/mol. The molecule has 1 saturated carbocycles. The number of alkyl halides is 1. The van der Waals surface area contributed by atoms with Crippen LogP contribution in [-0.2, 0) is 27.3 Å². The topological polar surface area (TPSA) is 82.1 Å². The molecule has 33 heavy (non-hydrogen) atoms. The number of aliphatic hydroxyl groups is 1. The molecule has 4 atom stereocenters. The van der Waals surface area contributed by atoms with Gasteiger partial charge in [0.1, 0.15) is 17.2 Å². The van der Waals surface area contributed by atoms with Gasteiger partial charge >= 0.3 is 11.9 Å². The van der Waals surface area contributed by atoms with E-state index in [-0.39, 0.29) is 35.8 Å². The van der Waals surface area contributed by atoms with Crippen LogP contribution in [0.5, 0.6) is 5.75 Å². The number of methoxy groups -OCH3 is 1. The molecule has 1 aromatic heterocycles. The summed E-state index contributed by atoms with van der Waals surface area (Å²) in [6.45, 7) is 1.78. The lowest BCUT2D eigenvalue weighted by Gasteiger charge is -2.24. The van der Waals surface area contributed by atoms with E-state index < -0.39 is 6.10 Å². The number of aryl methyl sites for hydroxylation is 1. The van der Waals surface area contributed by atoms with Crippen LogP contribution in [0.2, 0.25) is 5.02 Å². The Morgan fingerprint density at radius 2 is 2.00 bits per heavy atom. The van der Waals surface area contributed by atoms with Crippen LogP contribution in [0.4, 0.5) is 0 Å². The lowest BCUT2D eigenvalue weighted by atomic mass is 9.90. The van der Waals surface area contributed by atoms with Crippen LogP contribution < -0.4 is 4.74 Å². The molecule has 1 aliphatic carbocycles. The zero-order valence-electron chi connectivity index (χ0n) is 18.6. The second-order valence-electron chi connectivity index (χ2n) is 8.18. The van der Waals surface area contributed by atoms with Gasteiger partial charge in [0.25, 0.3) is 0 Å². The fourth-order valence-corrected chi connectivity index (χ4v) is 5.87. The van der Waals surface area contributed by atoms with E-state index in [9.17, 15) is 14.7 Å². The molecule has 0 amide bonds. The maximum atomic E-state index is 11.6. The van der Waals surface area contributed by atoms with Crippen LogP contribution in [0.3, 0.4) is 0 Å². The minimum atomic E-state index is -0.537. The first-order valence-corrected chi connectivity index (χ1v) is 12.4. The minimum absolute atomic E-state index is 0.0997. The van der Waals surface area contributed by atoms with E-state index in [2.05, 4.69) is 0 Å². The molecule has 1 heterocycles. The number of benzene rings is 1. The Balaban J connectivity index is 1.56. The van der Waals surface area contributed by atoms with Crippen LogP contribution in [0, 0.1) is 11.8 Å². The summed E-state index contributed by atoms with van der Waals surface area (Å²) in [6.07, 6.45) is 2.56. The van der Waals surface area contributed by atoms with Gasteiger partial charge in [-0.25, -0.2) is 4.79 Å². The third-order valence-corrected chi connectivity index (χ3v) is 7.65. The first kappa shape index (κ1) is 25.8. The smallest absolute Gasteiger partial charge is 0.348 e. The highest BCUT2D eigenvalue weighted by Gasteiger charge is 2.41. The quantitative estimate of drug-likeness (QED) is 0.344. The molecule has 2 aromatic rings. The van der Waals surface area contributed by atoms with Crippen molar-refractivity contribution in [1.29, 1.82) is 0 Å². The lowest BCUT2D eigenvalue weighted by Crippen LogP contribution is -2.27. The summed E-state index contributed by atoms with van der Waals surface area (Å²) in [5.74, 6) is -0.117. The summed E-state index contributed by atoms with van der Waals surface area (Å²) in [7, 11) is 1.38. The Kier molecular flexibility index (Phi) is 9.44. The van der Waals surface area contributed by atoms with E-state index in [1.54, 1.807) is 24.3 Å². The number of carbonyl (C=O) groups excluding carboxylic acids is 2. The fraction of sp³-hybridized carbons (Fsp3) is 0.500. The Morgan fingerprint density at radius 1 is 1.21 bits per heavy atom. The van der Waals surface area contributed by atoms with Gasteiger partial charge in [-0.05, 0) is 67.5 Å². The summed E-state index contributed by atoms with van der Waals surface area (Å²) >= 11 is 14.2. The van der Waals surface area contributed by atoms with Crippen molar-refractivity contribution in [2.45, 2.75) is 50.7 Å². The largest absolute Gasteiger partial charge is 0.493 e. The molecule has 0 bridgehead atoms. The first-order chi connectivity index (χ1) is 15.8. The highest BCUT2D eigenvalue weighted by atomic mass is 35.5. The van der Waals surface area contributed by atoms with Gasteiger partial charge in [-0.2, -0.15) is 0 Å². The summed E-state index contributed by atoms with van der Waals surface area (Å²) in [4.78, 5) is 24.4. The molecular formula is C24H28Cl2O6S. The molecule has 0 saturated heterocycles. The zero-order valence-corrected chi connectivity index (χ0v) is 20.9. The number of halogens is 2. The molecule has 1 aliphatic rings. The van der Waals surface area contributed by atoms with E-state index in [1.807, 2.05) is 6.07 Å². The van der Waals surface area contributed by atoms with Crippen molar-refractivity contribution in [3.05, 3.63) is 50.7 Å². The number of hydrogen-bond acceptors (Lipinski definition) is 7. The molecule has 1 unspecified atom stereocenters. The number of carbonyl (C=O) groups is 2. The van der Waals surface area contributed by atoms with Gasteiger partial charge in [0.15, 0.2) is 0 Å². The predicted octanol–water partition coefficient (Wildman–Crippen LogP) is 5.26. The highest BCUT2D eigenvalue weighted by molar-refractivity contribution is 7.13. The van der Waals surface area contributed by atoms with Gasteiger partial charge in [0.2, 0.25) is 0 Å². The average Bonchev–Trinajstić information content (AvgIpc) is 3.34. The zero-order chi connectivity index (χ0) is 24.0. The molecule has 1 fully saturated rings. The SMILES string of the molecule is COC(=O)c1ccc(CCC[C@@H]2C(COc3cc(Cl)cc(COC(C)=O)c3)[C@H](O)C[C@H]2Cl)s1. The second-order valence-corrected chi connectivity index (χ2v) is 10.3. The number of thiophene rings is 1. The van der Waals surface area contributed by atoms with Gasteiger partial charge in [-0.3, -0.25) is 4.79 Å². The summed E-state index contributed by atoms with van der Waals surface area (Å²) < 4.78 is 15.8. The molecule has 180 valence electrons. The van der Waals surface area contributed by atoms with Crippen molar-refractivity contribution in [1.82, 2.24) is 0 Å². The molecular weight excluding hydrogens is 487 g/mol. The number of ether oxygens (including phenoxy) is 3. The second kappa shape index (κ2) is 12.1. The van der Waals surface area contributed by atoms with Gasteiger partial charge in [0.05, 0.1) is 19.8 Å². The van der Waals surface area contributed by atoms with Crippen LogP contribution in [-0.4, -0.2) is 42.2 Å². The van der Waals surface area contributed by atoms with Crippen LogP contribution in [0.15, 0.2) is 30.3 Å².